The number of carbonyl (C=O) groups excluding carboxylic acids is 1. The molecule has 2 N–H and O–H groups in total. The van der Waals surface area contributed by atoms with Gasteiger partial charge in [0, 0.05) is 13.1 Å². The number of nitrogens with one attached hydrogen (secondary N) is 1. The third-order valence-electron chi connectivity index (χ3n) is 3.60. The summed E-state index contributed by atoms with van der Waals surface area (Å²) in [6.07, 6.45) is 5.48. The Morgan fingerprint density at radius 1 is 1.35 bits per heavy atom. The lowest BCUT2D eigenvalue weighted by atomic mass is 9.96. The summed E-state index contributed by atoms with van der Waals surface area (Å²) in [4.78, 5) is 24.8. The average molecular weight is 297 g/mol. The lowest BCUT2D eigenvalue weighted by molar-refractivity contribution is 0.0697. The molecule has 0 aliphatic heterocycles. The summed E-state index contributed by atoms with van der Waals surface area (Å²) >= 11 is 1.04. The minimum atomic E-state index is -1.05. The third-order valence-corrected chi connectivity index (χ3v) is 4.62. The monoisotopic (exact) mass is 297 g/mol. The van der Waals surface area contributed by atoms with Gasteiger partial charge in [-0.3, -0.25) is 4.90 Å². The first kappa shape index (κ1) is 14.8. The van der Waals surface area contributed by atoms with E-state index in [1.807, 2.05) is 0 Å². The number of hydrogen-bond acceptors (Lipinski definition) is 4. The second-order valence-corrected chi connectivity index (χ2v) is 5.85. The fourth-order valence-corrected chi connectivity index (χ4v) is 3.29. The van der Waals surface area contributed by atoms with Crippen LogP contribution in [0.2, 0.25) is 0 Å². The molecule has 0 aromatic carbocycles. The molecule has 0 atom stereocenters. The van der Waals surface area contributed by atoms with E-state index in [4.69, 9.17) is 0 Å². The van der Waals surface area contributed by atoms with Gasteiger partial charge in [-0.2, -0.15) is 4.37 Å². The molecule has 0 bridgehead atoms. The second-order valence-electron chi connectivity index (χ2n) is 5.10. The quantitative estimate of drug-likeness (QED) is 0.898. The lowest BCUT2D eigenvalue weighted by Crippen LogP contribution is -2.44. The molecule has 6 nitrogen and oxygen atoms in total. The number of carboxylic acids is 1. The molecule has 2 amide bonds. The van der Waals surface area contributed by atoms with Gasteiger partial charge in [0.15, 0.2) is 0 Å². The molecule has 0 spiro atoms. The highest BCUT2D eigenvalue weighted by molar-refractivity contribution is 7.11. The summed E-state index contributed by atoms with van der Waals surface area (Å²) < 4.78 is 4.03. The molecule has 1 heterocycles. The van der Waals surface area contributed by atoms with Crippen LogP contribution < -0.4 is 10.2 Å². The Kier molecular flexibility index (Phi) is 4.59. The molecular formula is C13H19N3O3S. The van der Waals surface area contributed by atoms with Crippen molar-refractivity contribution < 1.29 is 14.7 Å². The van der Waals surface area contributed by atoms with Crippen LogP contribution in [0.25, 0.3) is 0 Å². The van der Waals surface area contributed by atoms with Gasteiger partial charge < -0.3 is 10.4 Å². The van der Waals surface area contributed by atoms with Crippen LogP contribution in [0.15, 0.2) is 0 Å². The van der Waals surface area contributed by atoms with E-state index in [0.717, 1.165) is 37.2 Å². The normalized spacial score (nSPS) is 15.9. The summed E-state index contributed by atoms with van der Waals surface area (Å²) in [5.74, 6) is -1.05. The van der Waals surface area contributed by atoms with Crippen LogP contribution >= 0.6 is 11.5 Å². The number of aromatic nitrogens is 1. The van der Waals surface area contributed by atoms with Crippen molar-refractivity contribution >= 4 is 28.5 Å². The van der Waals surface area contributed by atoms with Gasteiger partial charge in [0.1, 0.15) is 10.6 Å². The predicted molar refractivity (Wildman–Crippen MR) is 77.6 cm³/mol. The standard InChI is InChI=1S/C13H19N3O3S/c1-8-10(12(17)18)11(20-15-8)16(2)13(19)14-9-6-4-3-5-7-9/h9H,3-7H2,1-2H3,(H,14,19)(H,17,18). The zero-order valence-electron chi connectivity index (χ0n) is 11.7. The number of nitrogens with zero attached hydrogens (tertiary/aromatic N) is 2. The first-order valence-electron chi connectivity index (χ1n) is 6.74. The molecule has 1 saturated carbocycles. The maximum atomic E-state index is 12.2. The Balaban J connectivity index is 2.08. The molecule has 7 heteroatoms. The molecular weight excluding hydrogens is 278 g/mol. The summed E-state index contributed by atoms with van der Waals surface area (Å²) in [5, 5.41) is 12.5. The Morgan fingerprint density at radius 2 is 2.00 bits per heavy atom. The maximum absolute atomic E-state index is 12.2. The molecule has 1 fully saturated rings. The smallest absolute Gasteiger partial charge is 0.340 e. The van der Waals surface area contributed by atoms with Crippen LogP contribution in [0.3, 0.4) is 0 Å². The van der Waals surface area contributed by atoms with E-state index in [9.17, 15) is 14.7 Å². The van der Waals surface area contributed by atoms with E-state index in [0.29, 0.717) is 10.7 Å². The van der Waals surface area contributed by atoms with E-state index in [1.165, 1.54) is 11.3 Å². The van der Waals surface area contributed by atoms with Crippen LogP contribution in [0.4, 0.5) is 9.80 Å². The maximum Gasteiger partial charge on any atom is 0.340 e. The number of rotatable bonds is 3. The Bertz CT molecular complexity index is 509. The molecule has 0 radical (unpaired) electrons. The zero-order valence-corrected chi connectivity index (χ0v) is 12.5. The highest BCUT2D eigenvalue weighted by Crippen LogP contribution is 2.28. The largest absolute Gasteiger partial charge is 0.478 e. The summed E-state index contributed by atoms with van der Waals surface area (Å²) in [6.45, 7) is 1.64. The van der Waals surface area contributed by atoms with Crippen molar-refractivity contribution in [2.45, 2.75) is 45.1 Å². The van der Waals surface area contributed by atoms with Crippen LogP contribution in [0, 0.1) is 6.92 Å². The molecule has 0 saturated heterocycles. The van der Waals surface area contributed by atoms with Crippen LogP contribution in [-0.4, -0.2) is 34.6 Å². The van der Waals surface area contributed by atoms with Gasteiger partial charge in [0.05, 0.1) is 5.69 Å². The number of urea groups is 1. The summed E-state index contributed by atoms with van der Waals surface area (Å²) in [5.41, 5.74) is 0.547. The Morgan fingerprint density at radius 3 is 2.60 bits per heavy atom. The van der Waals surface area contributed by atoms with E-state index >= 15 is 0 Å². The number of carboxylic acid groups (broad SMARTS) is 1. The van der Waals surface area contributed by atoms with E-state index in [1.54, 1.807) is 14.0 Å². The van der Waals surface area contributed by atoms with Gasteiger partial charge in [0.2, 0.25) is 0 Å². The number of aryl methyl sites for hydroxylation is 1. The van der Waals surface area contributed by atoms with Crippen LogP contribution in [0.1, 0.15) is 48.2 Å². The molecule has 0 unspecified atom stereocenters. The first-order valence-corrected chi connectivity index (χ1v) is 7.52. The average Bonchev–Trinajstić information content (AvgIpc) is 2.81. The van der Waals surface area contributed by atoms with Crippen molar-refractivity contribution in [3.8, 4) is 0 Å². The fraction of sp³-hybridized carbons (Fsp3) is 0.615. The number of aromatic carboxylic acids is 1. The van der Waals surface area contributed by atoms with Gasteiger partial charge in [-0.15, -0.1) is 0 Å². The Hall–Kier alpha value is -1.63. The van der Waals surface area contributed by atoms with Gasteiger partial charge in [-0.25, -0.2) is 9.59 Å². The van der Waals surface area contributed by atoms with Crippen LogP contribution in [0.5, 0.6) is 0 Å². The minimum Gasteiger partial charge on any atom is -0.478 e. The van der Waals surface area contributed by atoms with Gasteiger partial charge >= 0.3 is 12.0 Å². The van der Waals surface area contributed by atoms with E-state index < -0.39 is 5.97 Å². The van der Waals surface area contributed by atoms with Crippen molar-refractivity contribution in [3.05, 3.63) is 11.3 Å². The molecule has 1 aromatic rings. The minimum absolute atomic E-state index is 0.108. The fourth-order valence-electron chi connectivity index (χ4n) is 2.44. The molecule has 110 valence electrons. The van der Waals surface area contributed by atoms with Crippen molar-refractivity contribution in [2.24, 2.45) is 0 Å². The topological polar surface area (TPSA) is 82.5 Å². The number of carbonyl (C=O) groups is 2. The van der Waals surface area contributed by atoms with Gasteiger partial charge in [-0.05, 0) is 31.3 Å². The van der Waals surface area contributed by atoms with Crippen molar-refractivity contribution in [3.63, 3.8) is 0 Å². The summed E-state index contributed by atoms with van der Waals surface area (Å²) in [7, 11) is 1.58. The molecule has 2 rings (SSSR count). The van der Waals surface area contributed by atoms with E-state index in [-0.39, 0.29) is 17.6 Å². The summed E-state index contributed by atoms with van der Waals surface area (Å²) in [6, 6.07) is -0.0657. The molecule has 20 heavy (non-hydrogen) atoms. The molecule has 1 aliphatic rings. The number of hydrogen-bond donors (Lipinski definition) is 2. The lowest BCUT2D eigenvalue weighted by Gasteiger charge is -2.25. The van der Waals surface area contributed by atoms with Crippen molar-refractivity contribution in [1.29, 1.82) is 0 Å². The van der Waals surface area contributed by atoms with E-state index in [2.05, 4.69) is 9.69 Å². The molecule has 1 aliphatic carbocycles. The Labute approximate surface area is 122 Å². The highest BCUT2D eigenvalue weighted by Gasteiger charge is 2.25. The van der Waals surface area contributed by atoms with Crippen molar-refractivity contribution in [2.75, 3.05) is 11.9 Å². The van der Waals surface area contributed by atoms with Crippen molar-refractivity contribution in [1.82, 2.24) is 9.69 Å². The number of anilines is 1. The second kappa shape index (κ2) is 6.21. The molecule has 1 aromatic heterocycles. The zero-order chi connectivity index (χ0) is 14.7. The first-order chi connectivity index (χ1) is 9.50. The van der Waals surface area contributed by atoms with Gasteiger partial charge in [-0.1, -0.05) is 19.3 Å². The van der Waals surface area contributed by atoms with Crippen LogP contribution in [-0.2, 0) is 0 Å². The van der Waals surface area contributed by atoms with Gasteiger partial charge in [0.25, 0.3) is 0 Å². The predicted octanol–water partition coefficient (Wildman–Crippen LogP) is 2.63. The SMILES string of the molecule is Cc1nsc(N(C)C(=O)NC2CCCCC2)c1C(=O)O. The number of amides is 2. The highest BCUT2D eigenvalue weighted by atomic mass is 32.1. The third kappa shape index (κ3) is 3.09.